The normalized spacial score (nSPS) is 23.7. The molecule has 3 aliphatic heterocycles. The van der Waals surface area contributed by atoms with Crippen molar-refractivity contribution in [3.05, 3.63) is 23.2 Å². The number of hydrogen-bond acceptors (Lipinski definition) is 7. The zero-order chi connectivity index (χ0) is 16.7. The van der Waals surface area contributed by atoms with Crippen LogP contribution in [0.3, 0.4) is 0 Å². The predicted octanol–water partition coefficient (Wildman–Crippen LogP) is -0.933. The number of aliphatic hydroxyl groups is 1. The van der Waals surface area contributed by atoms with Gasteiger partial charge in [0.25, 0.3) is 0 Å². The molecule has 0 radical (unpaired) electrons. The molecule has 126 valence electrons. The minimum Gasteiger partial charge on any atom is -0.379 e. The van der Waals surface area contributed by atoms with Crippen molar-refractivity contribution in [2.45, 2.75) is 13.2 Å². The molecule has 0 aromatic heterocycles. The Morgan fingerprint density at radius 2 is 1.39 bits per heavy atom. The van der Waals surface area contributed by atoms with Gasteiger partial charge in [0.1, 0.15) is 17.6 Å². The molecule has 4 rings (SSSR count). The van der Waals surface area contributed by atoms with Crippen molar-refractivity contribution in [3.8, 4) is 0 Å². The van der Waals surface area contributed by atoms with Gasteiger partial charge < -0.3 is 19.8 Å². The smallest absolute Gasteiger partial charge is 0.227 e. The summed E-state index contributed by atoms with van der Waals surface area (Å²) in [6, 6.07) is 0. The van der Waals surface area contributed by atoms with Gasteiger partial charge in [-0.2, -0.15) is 0 Å². The van der Waals surface area contributed by atoms with Crippen molar-refractivity contribution in [1.29, 1.82) is 0 Å². The average Bonchev–Trinajstić information content (AvgIpc) is 3.36. The summed E-state index contributed by atoms with van der Waals surface area (Å²) < 4.78 is 0. The minimum absolute atomic E-state index is 0.00546. The maximum atomic E-state index is 12.4. The molecule has 0 spiro atoms. The summed E-state index contributed by atoms with van der Waals surface area (Å²) in [4.78, 5) is 32.2. The first-order chi connectivity index (χ1) is 10.9. The second-order valence-corrected chi connectivity index (χ2v) is 6.48. The lowest BCUT2D eigenvalue weighted by atomic mass is 10.0. The van der Waals surface area contributed by atoms with E-state index in [1.54, 1.807) is 11.8 Å². The van der Waals surface area contributed by atoms with Gasteiger partial charge in [-0.1, -0.05) is 0 Å². The molecule has 1 atom stereocenters. The van der Waals surface area contributed by atoms with Crippen LogP contribution in [0.2, 0.25) is 0 Å². The maximum absolute atomic E-state index is 12.4. The van der Waals surface area contributed by atoms with E-state index < -0.39 is 0 Å². The fourth-order valence-electron chi connectivity index (χ4n) is 2.28. The molecule has 1 aliphatic carbocycles. The Bertz CT molecular complexity index is 576. The van der Waals surface area contributed by atoms with E-state index >= 15 is 0 Å². The minimum atomic E-state index is -0.315. The first-order valence-electron chi connectivity index (χ1n) is 8.04. The van der Waals surface area contributed by atoms with Gasteiger partial charge in [-0.25, -0.2) is 0 Å². The third kappa shape index (κ3) is 3.56. The summed E-state index contributed by atoms with van der Waals surface area (Å²) in [5.41, 5.74) is 1.89. The summed E-state index contributed by atoms with van der Waals surface area (Å²) in [5.74, 6) is 0.0485. The zero-order valence-corrected chi connectivity index (χ0v) is 13.9. The lowest BCUT2D eigenvalue weighted by Gasteiger charge is -2.21. The molecule has 3 fully saturated rings. The van der Waals surface area contributed by atoms with E-state index in [1.165, 1.54) is 6.08 Å². The Hall–Kier alpha value is -1.86. The molecule has 0 aromatic rings. The van der Waals surface area contributed by atoms with Crippen LogP contribution < -0.4 is 0 Å². The summed E-state index contributed by atoms with van der Waals surface area (Å²) in [6.45, 7) is 7.13. The summed E-state index contributed by atoms with van der Waals surface area (Å²) in [7, 11) is 3.65. The van der Waals surface area contributed by atoms with Crippen LogP contribution in [-0.4, -0.2) is 95.9 Å². The largest absolute Gasteiger partial charge is 0.379 e. The Kier molecular flexibility index (Phi) is 4.16. The van der Waals surface area contributed by atoms with Crippen molar-refractivity contribution < 1.29 is 14.7 Å². The number of hydrogen-bond donors (Lipinski definition) is 1. The van der Waals surface area contributed by atoms with Crippen molar-refractivity contribution in [2.24, 2.45) is 0 Å². The number of carbonyl (C=O) groups is 2. The molecule has 7 heteroatoms. The summed E-state index contributed by atoms with van der Waals surface area (Å²) in [5, 5.41) is 8.56. The van der Waals surface area contributed by atoms with E-state index in [1.807, 2.05) is 28.8 Å². The molecule has 7 nitrogen and oxygen atoms in total. The quantitative estimate of drug-likeness (QED) is 0.408. The third-order valence-electron chi connectivity index (χ3n) is 4.24. The molecule has 0 aromatic carbocycles. The van der Waals surface area contributed by atoms with E-state index in [4.69, 9.17) is 5.11 Å². The Balaban J connectivity index is 0.000000227. The van der Waals surface area contributed by atoms with Gasteiger partial charge >= 0.3 is 0 Å². The van der Waals surface area contributed by atoms with E-state index in [9.17, 15) is 9.59 Å². The van der Waals surface area contributed by atoms with Gasteiger partial charge in [0, 0.05) is 45.3 Å². The monoisotopic (exact) mass is 320 g/mol. The number of Topliss-reactive ketones (excluding diaryl/α,β-unsaturated/α-hetero) is 1. The third-order valence-corrected chi connectivity index (χ3v) is 4.24. The number of nitrogens with zero attached hydrogens (tertiary/aromatic N) is 4. The van der Waals surface area contributed by atoms with Gasteiger partial charge in [-0.15, -0.1) is 0 Å². The standard InChI is InChI=1S/C12H13N3O2.C4H11NO/c16-9-7-8(13-1-2-13)12(17)11(15-5-6-15)10(9)14-3-4-14;1-4(6)5(2)3/h7H,1-6H2;4,6H,1-3H3. The van der Waals surface area contributed by atoms with E-state index in [0.717, 1.165) is 39.3 Å². The van der Waals surface area contributed by atoms with Gasteiger partial charge in [-0.3, -0.25) is 14.5 Å². The van der Waals surface area contributed by atoms with Crippen molar-refractivity contribution in [2.75, 3.05) is 53.4 Å². The highest BCUT2D eigenvalue weighted by atomic mass is 16.3. The highest BCUT2D eigenvalue weighted by molar-refractivity contribution is 6.22. The maximum Gasteiger partial charge on any atom is 0.227 e. The molecule has 3 heterocycles. The van der Waals surface area contributed by atoms with Gasteiger partial charge in [0.15, 0.2) is 0 Å². The fraction of sp³-hybridized carbons (Fsp3) is 0.625. The topological polar surface area (TPSA) is 66.6 Å². The number of aliphatic hydroxyl groups excluding tert-OH is 1. The van der Waals surface area contributed by atoms with Crippen molar-refractivity contribution in [3.63, 3.8) is 0 Å². The number of carbonyl (C=O) groups excluding carboxylic acids is 2. The molecule has 4 aliphatic rings. The lowest BCUT2D eigenvalue weighted by molar-refractivity contribution is -0.117. The van der Waals surface area contributed by atoms with Crippen LogP contribution in [0.4, 0.5) is 0 Å². The second-order valence-electron chi connectivity index (χ2n) is 6.48. The van der Waals surface area contributed by atoms with Gasteiger partial charge in [-0.05, 0) is 21.0 Å². The Labute approximate surface area is 136 Å². The number of allylic oxidation sites excluding steroid dienone is 1. The molecule has 0 bridgehead atoms. The van der Waals surface area contributed by atoms with Gasteiger partial charge in [0.05, 0.1) is 5.70 Å². The number of rotatable bonds is 4. The van der Waals surface area contributed by atoms with Crippen LogP contribution in [0.15, 0.2) is 23.2 Å². The van der Waals surface area contributed by atoms with Gasteiger partial charge in [0.2, 0.25) is 11.6 Å². The lowest BCUT2D eigenvalue weighted by Crippen LogP contribution is -2.29. The second kappa shape index (κ2) is 5.98. The van der Waals surface area contributed by atoms with Crippen molar-refractivity contribution in [1.82, 2.24) is 19.6 Å². The first-order valence-corrected chi connectivity index (χ1v) is 8.04. The van der Waals surface area contributed by atoms with E-state index in [2.05, 4.69) is 0 Å². The number of ketones is 2. The highest BCUT2D eigenvalue weighted by Crippen LogP contribution is 2.33. The zero-order valence-electron chi connectivity index (χ0n) is 13.9. The van der Waals surface area contributed by atoms with Crippen LogP contribution in [-0.2, 0) is 9.59 Å². The first kappa shape index (κ1) is 16.0. The van der Waals surface area contributed by atoms with Crippen LogP contribution in [0.25, 0.3) is 0 Å². The SMILES string of the molecule is CC(O)N(C)C.O=C1C=C(N2CC2)C(=O)C(N2CC2)=C1N1CC1. The molecule has 0 saturated carbocycles. The molecular weight excluding hydrogens is 296 g/mol. The van der Waals surface area contributed by atoms with E-state index in [0.29, 0.717) is 17.1 Å². The van der Waals surface area contributed by atoms with E-state index in [-0.39, 0.29) is 17.8 Å². The van der Waals surface area contributed by atoms with Crippen LogP contribution >= 0.6 is 0 Å². The highest BCUT2D eigenvalue weighted by Gasteiger charge is 2.43. The van der Waals surface area contributed by atoms with Crippen LogP contribution in [0.1, 0.15) is 6.92 Å². The molecule has 23 heavy (non-hydrogen) atoms. The van der Waals surface area contributed by atoms with Crippen LogP contribution in [0, 0.1) is 0 Å². The van der Waals surface area contributed by atoms with Crippen LogP contribution in [0.5, 0.6) is 0 Å². The molecule has 0 amide bonds. The molecule has 1 unspecified atom stereocenters. The average molecular weight is 320 g/mol. The van der Waals surface area contributed by atoms with Crippen molar-refractivity contribution >= 4 is 11.6 Å². The molecule has 3 saturated heterocycles. The molecule has 1 N–H and O–H groups in total. The Morgan fingerprint density at radius 1 is 0.957 bits per heavy atom. The molecular formula is C16H24N4O3. The fourth-order valence-corrected chi connectivity index (χ4v) is 2.28. The summed E-state index contributed by atoms with van der Waals surface area (Å²) >= 11 is 0. The Morgan fingerprint density at radius 3 is 1.78 bits per heavy atom. The summed E-state index contributed by atoms with van der Waals surface area (Å²) in [6.07, 6.45) is 1.21. The predicted molar refractivity (Wildman–Crippen MR) is 85.2 cm³/mol.